The Morgan fingerprint density at radius 1 is 0.328 bits per heavy atom. The van der Waals surface area contributed by atoms with Crippen molar-refractivity contribution in [1.82, 2.24) is 0 Å². The maximum atomic E-state index is 14.1. The molecule has 2 heterocycles. The fourth-order valence-electron chi connectivity index (χ4n) is 9.38. The molecule has 0 bridgehead atoms. The van der Waals surface area contributed by atoms with E-state index in [0.29, 0.717) is 13.0 Å². The molecular formula is C63H161F6O31P3S6Si13. The van der Waals surface area contributed by atoms with E-state index in [1.807, 2.05) is 120 Å². The summed E-state index contributed by atoms with van der Waals surface area (Å²) in [5, 5.41) is 0. The van der Waals surface area contributed by atoms with Gasteiger partial charge >= 0.3 is 76.3 Å². The summed E-state index contributed by atoms with van der Waals surface area (Å²) in [6.45, 7) is 78.5. The van der Waals surface area contributed by atoms with Gasteiger partial charge in [-0.3, -0.25) is 19.7 Å². The third kappa shape index (κ3) is 62.1. The van der Waals surface area contributed by atoms with Crippen LogP contribution in [0.1, 0.15) is 124 Å². The van der Waals surface area contributed by atoms with Gasteiger partial charge in [-0.05, 0) is 254 Å². The monoisotopic (exact) mass is 2180 g/mol. The van der Waals surface area contributed by atoms with Crippen molar-refractivity contribution < 1.29 is 156 Å². The highest BCUT2D eigenvalue weighted by molar-refractivity contribution is 7.90. The van der Waals surface area contributed by atoms with Crippen LogP contribution in [0.4, 0.5) is 26.3 Å². The fraction of sp³-hybridized carbons (Fsp3) is 1.00. The van der Waals surface area contributed by atoms with Gasteiger partial charge in [0.2, 0.25) is 49.9 Å². The van der Waals surface area contributed by atoms with Gasteiger partial charge in [-0.15, -0.1) is 0 Å². The van der Waals surface area contributed by atoms with Crippen LogP contribution in [0.15, 0.2) is 0 Å². The minimum absolute atomic E-state index is 0.0667. The van der Waals surface area contributed by atoms with Crippen molar-refractivity contribution in [3.8, 4) is 0 Å². The molecule has 122 heavy (non-hydrogen) atoms. The van der Waals surface area contributed by atoms with Crippen molar-refractivity contribution in [2.24, 2.45) is 0 Å². The molecule has 0 amide bonds. The van der Waals surface area contributed by atoms with Crippen LogP contribution in [0.3, 0.4) is 0 Å². The van der Waals surface area contributed by atoms with Crippen LogP contribution in [-0.2, 0) is 140 Å². The molecular weight excluding hydrogens is 2020 g/mol. The summed E-state index contributed by atoms with van der Waals surface area (Å²) in [6.07, 6.45) is 0.655. The van der Waals surface area contributed by atoms with Gasteiger partial charge in [0.05, 0.1) is 31.3 Å². The van der Waals surface area contributed by atoms with Gasteiger partial charge in [0.25, 0.3) is 28.8 Å². The number of hydrogen-bond donors (Lipinski definition) is 0. The molecule has 2 aliphatic rings. The Morgan fingerprint density at radius 3 is 0.738 bits per heavy atom. The van der Waals surface area contributed by atoms with E-state index in [4.69, 9.17) is 49.5 Å². The molecule has 2 rings (SSSR count). The SMILES string of the molecule is CCS(=O)(=O)O[Si](C)(C)C.CC[Si](C)(CC)OS(=O)(=O)O[Si](CC)(CC)CC.CC[Si](CC)(CC)OP(=O)(O[Si](CC)(CC)CC)O[Si](CC)(CC)CC.CC[Si](CC)(OS(=O)(=O)C(F)(F)F)OS(=O)(=O)C(F)(F)F.C[Si](C)(C)OP(=O)(O[Si](C)(C)C)O[Si](C)(C)C.C[Si](C)(C)OP(O[Si](C)(C)C)O[Si](C)(C)C.O=S1(=O)CCCO1.O=S1(=O)OCCO1. The van der Waals surface area contributed by atoms with Crippen molar-refractivity contribution in [2.75, 3.05) is 31.3 Å². The van der Waals surface area contributed by atoms with Gasteiger partial charge in [-0.25, -0.2) is 25.9 Å². The van der Waals surface area contributed by atoms with Gasteiger partial charge in [0.1, 0.15) is 0 Å². The lowest BCUT2D eigenvalue weighted by Crippen LogP contribution is -2.49. The summed E-state index contributed by atoms with van der Waals surface area (Å²) in [7, 11) is -62.4. The average Bonchev–Trinajstić information content (AvgIpc) is 0.875. The Hall–Kier alpha value is 2.31. The van der Waals surface area contributed by atoms with Crippen LogP contribution >= 0.6 is 24.2 Å². The first-order chi connectivity index (χ1) is 54.0. The van der Waals surface area contributed by atoms with E-state index >= 15 is 0 Å². The summed E-state index contributed by atoms with van der Waals surface area (Å²) >= 11 is 0. The number of alkyl halides is 6. The molecule has 2 aliphatic heterocycles. The Bertz CT molecular complexity index is 3480. The maximum Gasteiger partial charge on any atom is 0.522 e. The van der Waals surface area contributed by atoms with E-state index in [9.17, 15) is 86.0 Å². The lowest BCUT2D eigenvalue weighted by atomic mass is 10.5. The minimum atomic E-state index is -6.29. The summed E-state index contributed by atoms with van der Waals surface area (Å²) in [5.41, 5.74) is -11.8. The van der Waals surface area contributed by atoms with E-state index < -0.39 is 217 Å². The second-order valence-electron chi connectivity index (χ2n) is 35.4. The normalized spacial score (nSPS) is 16.0. The lowest BCUT2D eigenvalue weighted by Gasteiger charge is -2.41. The molecule has 0 spiro atoms. The maximum absolute atomic E-state index is 14.1. The van der Waals surface area contributed by atoms with Gasteiger partial charge in [-0.1, -0.05) is 111 Å². The quantitative estimate of drug-likeness (QED) is 0.0180. The minimum Gasteiger partial charge on any atom is -0.356 e. The van der Waals surface area contributed by atoms with Crippen molar-refractivity contribution in [3.05, 3.63) is 0 Å². The van der Waals surface area contributed by atoms with Crippen molar-refractivity contribution in [2.45, 2.75) is 376 Å². The van der Waals surface area contributed by atoms with Crippen LogP contribution in [-0.4, -0.2) is 201 Å². The van der Waals surface area contributed by atoms with E-state index in [-0.39, 0.29) is 24.7 Å². The molecule has 0 radical (unpaired) electrons. The molecule has 0 aromatic carbocycles. The molecule has 0 saturated carbocycles. The summed E-state index contributed by atoms with van der Waals surface area (Å²) < 4.78 is 320. The van der Waals surface area contributed by atoms with Gasteiger partial charge in [-0.2, -0.15) is 68.4 Å². The van der Waals surface area contributed by atoms with Gasteiger partial charge in [0.15, 0.2) is 49.9 Å². The molecule has 2 fully saturated rings. The van der Waals surface area contributed by atoms with E-state index in [2.05, 4.69) is 142 Å². The second-order valence-corrected chi connectivity index (χ2v) is 111. The Morgan fingerprint density at radius 2 is 0.590 bits per heavy atom. The molecule has 0 unspecified atom stereocenters. The molecule has 744 valence electrons. The third-order valence-electron chi connectivity index (χ3n) is 17.2. The van der Waals surface area contributed by atoms with Crippen LogP contribution in [0, 0.1) is 0 Å². The zero-order valence-corrected chi connectivity index (χ0v) is 101. The first kappa shape index (κ1) is 135. The zero-order valence-electron chi connectivity index (χ0n) is 80.8. The van der Waals surface area contributed by atoms with Crippen molar-refractivity contribution >= 4 is 194 Å². The largest absolute Gasteiger partial charge is 0.522 e. The van der Waals surface area contributed by atoms with E-state index in [1.54, 1.807) is 6.92 Å². The molecule has 0 aromatic rings. The molecule has 0 N–H and O–H groups in total. The zero-order chi connectivity index (χ0) is 98.7. The van der Waals surface area contributed by atoms with Gasteiger partial charge in [0, 0.05) is 0 Å². The predicted molar refractivity (Wildman–Crippen MR) is 512 cm³/mol. The highest BCUT2D eigenvalue weighted by Gasteiger charge is 2.59. The molecule has 59 heteroatoms. The van der Waals surface area contributed by atoms with Crippen molar-refractivity contribution in [3.63, 3.8) is 0 Å². The molecule has 0 aromatic heterocycles. The third-order valence-corrected chi connectivity index (χ3v) is 78.6. The molecule has 0 atom stereocenters. The van der Waals surface area contributed by atoms with Gasteiger partial charge < -0.3 is 41.8 Å². The Labute approximate surface area is 750 Å². The summed E-state index contributed by atoms with van der Waals surface area (Å²) in [5.74, 6) is 0.268. The molecule has 0 aliphatic carbocycles. The second kappa shape index (κ2) is 55.5. The highest BCUT2D eigenvalue weighted by Crippen LogP contribution is 2.60. The predicted octanol–water partition coefficient (Wildman–Crippen LogP) is 23.9. The number of rotatable bonds is 45. The van der Waals surface area contributed by atoms with Crippen LogP contribution in [0.25, 0.3) is 0 Å². The lowest BCUT2D eigenvalue weighted by molar-refractivity contribution is -0.0533. The number of hydrogen-bond acceptors (Lipinski definition) is 31. The topological polar surface area (TPSA) is 396 Å². The number of phosphoric acid groups is 2. The summed E-state index contributed by atoms with van der Waals surface area (Å²) in [6, 6.07) is 11.0. The first-order valence-electron chi connectivity index (χ1n) is 41.4. The fourth-order valence-corrected chi connectivity index (χ4v) is 62.3. The summed E-state index contributed by atoms with van der Waals surface area (Å²) in [4.78, 5) is 0. The smallest absolute Gasteiger partial charge is 0.356 e. The van der Waals surface area contributed by atoms with Crippen LogP contribution in [0.2, 0.25) is 241 Å². The molecule has 31 nitrogen and oxygen atoms in total. The average molecular weight is 2180 g/mol. The molecule has 2 saturated heterocycles. The van der Waals surface area contributed by atoms with E-state index in [1.165, 1.54) is 0 Å². The van der Waals surface area contributed by atoms with Crippen molar-refractivity contribution in [1.29, 1.82) is 0 Å². The Balaban J connectivity index is -0.000000324. The van der Waals surface area contributed by atoms with Crippen LogP contribution in [0.5, 0.6) is 0 Å². The first-order valence-corrected chi connectivity index (χ1v) is 93.0. The highest BCUT2D eigenvalue weighted by atomic mass is 32.3. The van der Waals surface area contributed by atoms with Crippen LogP contribution < -0.4 is 0 Å². The standard InChI is InChI=1S/C18H45O4PSi3.C11H28O4SSi2.C9H27O4PSi3.C9H27O3PSi3.C6H10F6O6S2Si.C5H14O3SSi.C3H6O3S.C2H4O4S/c1-10-24(11-2,12-3)20-23(19,21-25(13-4,14-5)15-6)22-26(16-7,17-8)18-9;1-7-17(6,8-2)14-16(12,13)15-18(9-3,10-4)11-5;1-15(2,3)11-14(10,12-16(4,5)6)13-17(7,8)9;1-14(2,3)10-13(11-15(4,5)6)12-16(7,8)9;1-3-21(4-2,17-19(13,14)5(7,8)9)18-20(15,16)6(10,11)12;1-5-9(6,7)8-10(2,3)4;4-7(5)3-1-2-6-7;3-7(4)5-1-2-6-7/h10-18H2,1-9H3;7-11H2,1-6H3;1-9H3;1-9H3;3-4H2,1-2H3;5H2,1-4H3;1-3H2;1-2H2. The van der Waals surface area contributed by atoms with E-state index in [0.717, 1.165) is 98.5 Å². The Kier molecular flexibility index (Phi) is 61.4. The number of halogens is 6.